The molecule has 0 saturated carbocycles. The van der Waals surface area contributed by atoms with Crippen LogP contribution in [0.3, 0.4) is 0 Å². The first-order valence-corrected chi connectivity index (χ1v) is 5.29. The van der Waals surface area contributed by atoms with Crippen LogP contribution in [-0.2, 0) is 0 Å². The van der Waals surface area contributed by atoms with Gasteiger partial charge < -0.3 is 10.4 Å². The van der Waals surface area contributed by atoms with E-state index in [1.54, 1.807) is 0 Å². The molecule has 1 rings (SSSR count). The highest BCUT2D eigenvalue weighted by Crippen LogP contribution is 2.20. The van der Waals surface area contributed by atoms with E-state index in [1.165, 1.54) is 18.2 Å². The molecule has 1 aromatic carbocycles. The fourth-order valence-electron chi connectivity index (χ4n) is 1.16. The maximum absolute atomic E-state index is 11.6. The maximum atomic E-state index is 11.6. The average Bonchev–Trinajstić information content (AvgIpc) is 2.22. The van der Waals surface area contributed by atoms with Gasteiger partial charge in [-0.05, 0) is 24.6 Å². The number of aromatic hydroxyl groups is 1. The number of unbranched alkanes of at least 4 members (excludes halogenated alkanes) is 1. The van der Waals surface area contributed by atoms with E-state index in [9.17, 15) is 9.90 Å². The molecule has 0 aliphatic rings. The topological polar surface area (TPSA) is 49.3 Å². The number of carbonyl (C=O) groups excluding carboxylic acids is 1. The van der Waals surface area contributed by atoms with Crippen molar-refractivity contribution in [3.63, 3.8) is 0 Å². The van der Waals surface area contributed by atoms with Crippen LogP contribution >= 0.6 is 11.6 Å². The zero-order valence-electron chi connectivity index (χ0n) is 8.59. The second kappa shape index (κ2) is 5.61. The summed E-state index contributed by atoms with van der Waals surface area (Å²) in [6.07, 6.45) is 1.95. The molecule has 15 heavy (non-hydrogen) atoms. The summed E-state index contributed by atoms with van der Waals surface area (Å²) in [5.41, 5.74) is 0.313. The number of benzene rings is 1. The van der Waals surface area contributed by atoms with Crippen molar-refractivity contribution in [2.45, 2.75) is 19.8 Å². The van der Waals surface area contributed by atoms with Crippen molar-refractivity contribution < 1.29 is 9.90 Å². The van der Waals surface area contributed by atoms with E-state index in [4.69, 9.17) is 11.6 Å². The summed E-state index contributed by atoms with van der Waals surface area (Å²) in [5.74, 6) is -0.204. The molecule has 0 aliphatic heterocycles. The Morgan fingerprint density at radius 3 is 2.93 bits per heavy atom. The number of halogens is 1. The standard InChI is InChI=1S/C11H14ClNO2/c1-2-3-6-13-11(15)9-7-8(14)4-5-10(9)12/h4-5,7,14H,2-3,6H2,1H3,(H,13,15). The lowest BCUT2D eigenvalue weighted by Gasteiger charge is -2.06. The monoisotopic (exact) mass is 227 g/mol. The molecule has 82 valence electrons. The predicted octanol–water partition coefficient (Wildman–Crippen LogP) is 2.58. The number of carbonyl (C=O) groups is 1. The van der Waals surface area contributed by atoms with E-state index >= 15 is 0 Å². The lowest BCUT2D eigenvalue weighted by atomic mass is 10.2. The lowest BCUT2D eigenvalue weighted by Crippen LogP contribution is -2.24. The average molecular weight is 228 g/mol. The van der Waals surface area contributed by atoms with Crippen LogP contribution in [0.5, 0.6) is 5.75 Å². The molecule has 0 aliphatic carbocycles. The summed E-state index contributed by atoms with van der Waals surface area (Å²) < 4.78 is 0. The minimum atomic E-state index is -0.246. The SMILES string of the molecule is CCCCNC(=O)c1cc(O)ccc1Cl. The van der Waals surface area contributed by atoms with Crippen molar-refractivity contribution >= 4 is 17.5 Å². The quantitative estimate of drug-likeness (QED) is 0.777. The van der Waals surface area contributed by atoms with E-state index in [-0.39, 0.29) is 11.7 Å². The van der Waals surface area contributed by atoms with Crippen molar-refractivity contribution in [3.05, 3.63) is 28.8 Å². The number of nitrogens with one attached hydrogen (secondary N) is 1. The number of phenols is 1. The minimum absolute atomic E-state index is 0.0417. The fraction of sp³-hybridized carbons (Fsp3) is 0.364. The summed E-state index contributed by atoms with van der Waals surface area (Å²) in [4.78, 5) is 11.6. The summed E-state index contributed by atoms with van der Waals surface area (Å²) in [6, 6.07) is 4.32. The van der Waals surface area contributed by atoms with Gasteiger partial charge in [0.15, 0.2) is 0 Å². The van der Waals surface area contributed by atoms with E-state index in [2.05, 4.69) is 5.32 Å². The van der Waals surface area contributed by atoms with E-state index in [1.807, 2.05) is 6.92 Å². The molecule has 0 saturated heterocycles. The largest absolute Gasteiger partial charge is 0.508 e. The Hall–Kier alpha value is -1.22. The van der Waals surface area contributed by atoms with Crippen LogP contribution in [0.4, 0.5) is 0 Å². The van der Waals surface area contributed by atoms with Crippen LogP contribution in [0, 0.1) is 0 Å². The number of amides is 1. The van der Waals surface area contributed by atoms with Crippen LogP contribution in [0.1, 0.15) is 30.1 Å². The predicted molar refractivity (Wildman–Crippen MR) is 60.4 cm³/mol. The van der Waals surface area contributed by atoms with E-state index < -0.39 is 0 Å². The molecule has 2 N–H and O–H groups in total. The summed E-state index contributed by atoms with van der Waals surface area (Å²) in [6.45, 7) is 2.68. The van der Waals surface area contributed by atoms with Gasteiger partial charge in [0.25, 0.3) is 5.91 Å². The molecule has 0 bridgehead atoms. The molecule has 0 fully saturated rings. The van der Waals surface area contributed by atoms with Crippen LogP contribution in [0.15, 0.2) is 18.2 Å². The first-order valence-electron chi connectivity index (χ1n) is 4.92. The van der Waals surface area contributed by atoms with Crippen LogP contribution in [-0.4, -0.2) is 17.6 Å². The van der Waals surface area contributed by atoms with Gasteiger partial charge in [0.1, 0.15) is 5.75 Å². The zero-order chi connectivity index (χ0) is 11.3. The van der Waals surface area contributed by atoms with Crippen molar-refractivity contribution in [1.29, 1.82) is 0 Å². The van der Waals surface area contributed by atoms with Gasteiger partial charge in [0, 0.05) is 6.54 Å². The Kier molecular flexibility index (Phi) is 4.43. The van der Waals surface area contributed by atoms with Crippen molar-refractivity contribution in [1.82, 2.24) is 5.32 Å². The second-order valence-corrected chi connectivity index (χ2v) is 3.68. The van der Waals surface area contributed by atoms with Gasteiger partial charge in [-0.25, -0.2) is 0 Å². The number of hydrogen-bond acceptors (Lipinski definition) is 2. The molecular weight excluding hydrogens is 214 g/mol. The van der Waals surface area contributed by atoms with E-state index in [0.29, 0.717) is 17.1 Å². The first kappa shape index (κ1) is 11.9. The summed E-state index contributed by atoms with van der Waals surface area (Å²) >= 11 is 5.83. The Bertz CT molecular complexity index is 352. The third kappa shape index (κ3) is 3.44. The smallest absolute Gasteiger partial charge is 0.252 e. The van der Waals surface area contributed by atoms with Crippen molar-refractivity contribution in [2.24, 2.45) is 0 Å². The molecule has 0 aromatic heterocycles. The van der Waals surface area contributed by atoms with Crippen LogP contribution < -0.4 is 5.32 Å². The minimum Gasteiger partial charge on any atom is -0.508 e. The van der Waals surface area contributed by atoms with Gasteiger partial charge in [0.2, 0.25) is 0 Å². The molecule has 3 nitrogen and oxygen atoms in total. The van der Waals surface area contributed by atoms with Crippen molar-refractivity contribution in [2.75, 3.05) is 6.54 Å². The molecule has 0 unspecified atom stereocenters. The molecule has 4 heteroatoms. The molecule has 0 heterocycles. The highest BCUT2D eigenvalue weighted by atomic mass is 35.5. The Morgan fingerprint density at radius 1 is 1.53 bits per heavy atom. The Morgan fingerprint density at radius 2 is 2.27 bits per heavy atom. The summed E-state index contributed by atoms with van der Waals surface area (Å²) in [7, 11) is 0. The first-order chi connectivity index (χ1) is 7.15. The maximum Gasteiger partial charge on any atom is 0.252 e. The van der Waals surface area contributed by atoms with Gasteiger partial charge in [-0.1, -0.05) is 24.9 Å². The fourth-order valence-corrected chi connectivity index (χ4v) is 1.36. The van der Waals surface area contributed by atoms with Crippen molar-refractivity contribution in [3.8, 4) is 5.75 Å². The number of hydrogen-bond donors (Lipinski definition) is 2. The molecule has 0 atom stereocenters. The Balaban J connectivity index is 2.68. The van der Waals surface area contributed by atoms with Crippen LogP contribution in [0.2, 0.25) is 5.02 Å². The highest BCUT2D eigenvalue weighted by Gasteiger charge is 2.09. The number of rotatable bonds is 4. The van der Waals surface area contributed by atoms with Gasteiger partial charge in [-0.3, -0.25) is 4.79 Å². The van der Waals surface area contributed by atoms with Crippen LogP contribution in [0.25, 0.3) is 0 Å². The molecular formula is C11H14ClNO2. The lowest BCUT2D eigenvalue weighted by molar-refractivity contribution is 0.0953. The van der Waals surface area contributed by atoms with Gasteiger partial charge in [0.05, 0.1) is 10.6 Å². The van der Waals surface area contributed by atoms with Gasteiger partial charge in [-0.15, -0.1) is 0 Å². The molecule has 1 amide bonds. The third-order valence-electron chi connectivity index (χ3n) is 2.01. The molecule has 0 radical (unpaired) electrons. The highest BCUT2D eigenvalue weighted by molar-refractivity contribution is 6.33. The second-order valence-electron chi connectivity index (χ2n) is 3.27. The summed E-state index contributed by atoms with van der Waals surface area (Å²) in [5, 5.41) is 12.3. The third-order valence-corrected chi connectivity index (χ3v) is 2.34. The van der Waals surface area contributed by atoms with Gasteiger partial charge >= 0.3 is 0 Å². The molecule has 1 aromatic rings. The molecule has 0 spiro atoms. The van der Waals surface area contributed by atoms with E-state index in [0.717, 1.165) is 12.8 Å². The zero-order valence-corrected chi connectivity index (χ0v) is 9.34. The Labute approximate surface area is 94.1 Å². The normalized spacial score (nSPS) is 10.0. The van der Waals surface area contributed by atoms with Gasteiger partial charge in [-0.2, -0.15) is 0 Å². The number of phenolic OH excluding ortho intramolecular Hbond substituents is 1.